The Kier molecular flexibility index (Phi) is 17.0. The second kappa shape index (κ2) is 20.1. The molecule has 1 rings (SSSR count). The zero-order valence-corrected chi connectivity index (χ0v) is 25.2. The number of hydrogen-bond acceptors (Lipinski definition) is 11. The molecule has 258 valence electrons. The number of likely N-dealkylation sites (tertiary alicyclic amines) is 1. The van der Waals surface area contributed by atoms with Crippen LogP contribution in [-0.2, 0) is 38.4 Å². The van der Waals surface area contributed by atoms with Gasteiger partial charge in [-0.1, -0.05) is 0 Å². The molecule has 0 saturated carbocycles. The van der Waals surface area contributed by atoms with E-state index in [2.05, 4.69) is 31.6 Å². The minimum atomic E-state index is -1.32. The Balaban J connectivity index is 2.53. The van der Waals surface area contributed by atoms with Crippen LogP contribution >= 0.6 is 0 Å². The first-order valence-electron chi connectivity index (χ1n) is 14.3. The summed E-state index contributed by atoms with van der Waals surface area (Å²) in [4.78, 5) is 102. The maximum absolute atomic E-state index is 12.8. The van der Waals surface area contributed by atoms with Crippen LogP contribution < -0.4 is 49.5 Å². The van der Waals surface area contributed by atoms with Gasteiger partial charge in [-0.3, -0.25) is 38.6 Å². The van der Waals surface area contributed by atoms with Gasteiger partial charge in [0.25, 0.3) is 0 Å². The van der Waals surface area contributed by atoms with Crippen molar-refractivity contribution in [3.8, 4) is 0 Å². The van der Waals surface area contributed by atoms with Gasteiger partial charge in [0.05, 0.1) is 26.2 Å². The van der Waals surface area contributed by atoms with E-state index >= 15 is 0 Å². The topological polar surface area (TPSA) is 357 Å². The summed E-state index contributed by atoms with van der Waals surface area (Å²) in [6, 6.07) is -4.78. The van der Waals surface area contributed by atoms with E-state index in [0.717, 1.165) is 0 Å². The number of carbonyl (C=O) groups is 8. The highest BCUT2D eigenvalue weighted by Crippen LogP contribution is 2.18. The molecular weight excluding hydrogens is 614 g/mol. The zero-order valence-electron chi connectivity index (χ0n) is 25.2. The standard InChI is InChI=1S/C25H43N11O10/c26-13(12-37)21(42)34-14(5-6-17(27)38)22(43)33-10-19(40)31-9-18(39)32-11-20(41)36-8-2-4-16(36)23(44)35-15(24(45)46)3-1-7-30-25(28)29/h13-16,37H,1-12,26H2,(H2,27,38)(H,31,40)(H,32,39)(H,33,43)(H,34,42)(H,35,44)(H,45,46)(H4,28,29,30)/t13-,14-,15-,16-/m0/s1. The summed E-state index contributed by atoms with van der Waals surface area (Å²) in [6.07, 6.45) is 0.621. The molecule has 21 heteroatoms. The summed E-state index contributed by atoms with van der Waals surface area (Å²) < 4.78 is 0. The lowest BCUT2D eigenvalue weighted by molar-refractivity contribution is -0.144. The predicted octanol–water partition coefficient (Wildman–Crippen LogP) is -6.98. The average molecular weight is 658 g/mol. The van der Waals surface area contributed by atoms with Crippen molar-refractivity contribution in [2.75, 3.05) is 39.3 Å². The van der Waals surface area contributed by atoms with Gasteiger partial charge in [0, 0.05) is 19.5 Å². The summed E-state index contributed by atoms with van der Waals surface area (Å²) in [6.45, 7) is -2.01. The highest BCUT2D eigenvalue weighted by Gasteiger charge is 2.35. The first kappa shape index (κ1) is 39.0. The molecule has 0 aromatic heterocycles. The molecule has 46 heavy (non-hydrogen) atoms. The molecule has 7 amide bonds. The third-order valence-electron chi connectivity index (χ3n) is 6.59. The number of guanidine groups is 1. The molecule has 1 heterocycles. The van der Waals surface area contributed by atoms with E-state index in [4.69, 9.17) is 28.0 Å². The molecule has 1 aliphatic rings. The Labute approximate surface area is 263 Å². The number of aliphatic carboxylic acids is 1. The van der Waals surface area contributed by atoms with Gasteiger partial charge < -0.3 is 64.6 Å². The Morgan fingerprint density at radius 3 is 2.07 bits per heavy atom. The molecule has 4 atom stereocenters. The maximum Gasteiger partial charge on any atom is 0.326 e. The number of aliphatic hydroxyl groups is 1. The molecule has 0 aromatic rings. The van der Waals surface area contributed by atoms with E-state index in [1.165, 1.54) is 4.90 Å². The van der Waals surface area contributed by atoms with E-state index in [9.17, 15) is 43.5 Å². The largest absolute Gasteiger partial charge is 0.480 e. The number of nitrogens with zero attached hydrogens (tertiary/aromatic N) is 2. The molecule has 0 aliphatic carbocycles. The van der Waals surface area contributed by atoms with Gasteiger partial charge in [0.2, 0.25) is 41.4 Å². The quantitative estimate of drug-likeness (QED) is 0.0330. The first-order valence-corrected chi connectivity index (χ1v) is 14.3. The van der Waals surface area contributed by atoms with Crippen molar-refractivity contribution < 1.29 is 48.6 Å². The summed E-state index contributed by atoms with van der Waals surface area (Å²) in [5, 5.41) is 29.9. The number of nitrogens with two attached hydrogens (primary N) is 4. The lowest BCUT2D eigenvalue weighted by atomic mass is 10.1. The Hall–Kier alpha value is -5.05. The molecule has 1 saturated heterocycles. The van der Waals surface area contributed by atoms with Crippen molar-refractivity contribution in [3.05, 3.63) is 0 Å². The second-order valence-electron chi connectivity index (χ2n) is 10.2. The van der Waals surface area contributed by atoms with E-state index in [1.807, 2.05) is 0 Å². The number of primary amides is 1. The molecular formula is C25H43N11O10. The monoisotopic (exact) mass is 657 g/mol. The fraction of sp³-hybridized carbons (Fsp3) is 0.640. The van der Waals surface area contributed by atoms with Crippen molar-refractivity contribution in [2.24, 2.45) is 27.9 Å². The van der Waals surface area contributed by atoms with Crippen molar-refractivity contribution in [1.82, 2.24) is 31.5 Å². The molecule has 0 aromatic carbocycles. The van der Waals surface area contributed by atoms with Gasteiger partial charge in [-0.15, -0.1) is 0 Å². The summed E-state index contributed by atoms with van der Waals surface area (Å²) in [7, 11) is 0. The van der Waals surface area contributed by atoms with E-state index in [0.29, 0.717) is 6.42 Å². The summed E-state index contributed by atoms with van der Waals surface area (Å²) >= 11 is 0. The average Bonchev–Trinajstić information content (AvgIpc) is 3.50. The molecule has 0 spiro atoms. The summed E-state index contributed by atoms with van der Waals surface area (Å²) in [5.41, 5.74) is 21.0. The molecule has 21 nitrogen and oxygen atoms in total. The fourth-order valence-electron chi connectivity index (χ4n) is 4.15. The minimum Gasteiger partial charge on any atom is -0.480 e. The van der Waals surface area contributed by atoms with Crippen LogP contribution in [-0.4, -0.2) is 132 Å². The molecule has 0 radical (unpaired) electrons. The van der Waals surface area contributed by atoms with Crippen molar-refractivity contribution in [3.63, 3.8) is 0 Å². The normalized spacial score (nSPS) is 15.8. The van der Waals surface area contributed by atoms with E-state index in [-0.39, 0.29) is 51.2 Å². The van der Waals surface area contributed by atoms with E-state index < -0.39 is 97.7 Å². The Morgan fingerprint density at radius 2 is 1.48 bits per heavy atom. The van der Waals surface area contributed by atoms with Crippen molar-refractivity contribution >= 4 is 53.3 Å². The third-order valence-corrected chi connectivity index (χ3v) is 6.59. The number of carboxylic acid groups (broad SMARTS) is 1. The molecule has 0 bridgehead atoms. The van der Waals surface area contributed by atoms with Gasteiger partial charge in [-0.25, -0.2) is 4.79 Å². The van der Waals surface area contributed by atoms with Gasteiger partial charge in [0.15, 0.2) is 5.96 Å². The number of rotatable bonds is 20. The van der Waals surface area contributed by atoms with Gasteiger partial charge in [-0.2, -0.15) is 0 Å². The molecule has 15 N–H and O–H groups in total. The van der Waals surface area contributed by atoms with Gasteiger partial charge >= 0.3 is 5.97 Å². The maximum atomic E-state index is 12.8. The number of aliphatic imine (C=N–C) groups is 1. The SMILES string of the molecule is NC(=O)CC[C@H](NC(=O)[C@@H](N)CO)C(=O)NCC(=O)NCC(=O)NCC(=O)N1CCC[C@H]1C(=O)N[C@@H](CCCN=C(N)N)C(=O)O. The van der Waals surface area contributed by atoms with Crippen LogP contribution in [0.3, 0.4) is 0 Å². The van der Waals surface area contributed by atoms with Crippen LogP contribution in [0.5, 0.6) is 0 Å². The van der Waals surface area contributed by atoms with Crippen molar-refractivity contribution in [2.45, 2.75) is 62.7 Å². The Bertz CT molecular complexity index is 1160. The highest BCUT2D eigenvalue weighted by atomic mass is 16.4. The lowest BCUT2D eigenvalue weighted by Crippen LogP contribution is -2.54. The Morgan fingerprint density at radius 1 is 0.848 bits per heavy atom. The lowest BCUT2D eigenvalue weighted by Gasteiger charge is -2.25. The van der Waals surface area contributed by atoms with E-state index in [1.54, 1.807) is 0 Å². The van der Waals surface area contributed by atoms with Gasteiger partial charge in [-0.05, 0) is 32.1 Å². The number of hydrogen-bond donors (Lipinski definition) is 11. The van der Waals surface area contributed by atoms with Crippen LogP contribution in [0.1, 0.15) is 38.5 Å². The molecule has 0 unspecified atom stereocenters. The zero-order chi connectivity index (χ0) is 34.8. The second-order valence-corrected chi connectivity index (χ2v) is 10.2. The third kappa shape index (κ3) is 14.6. The van der Waals surface area contributed by atoms with Crippen LogP contribution in [0.25, 0.3) is 0 Å². The molecule has 1 fully saturated rings. The number of amides is 7. The van der Waals surface area contributed by atoms with Crippen LogP contribution in [0.15, 0.2) is 4.99 Å². The highest BCUT2D eigenvalue weighted by molar-refractivity contribution is 5.94. The first-order chi connectivity index (χ1) is 21.7. The number of nitrogens with one attached hydrogen (secondary N) is 5. The van der Waals surface area contributed by atoms with Crippen molar-refractivity contribution in [1.29, 1.82) is 0 Å². The van der Waals surface area contributed by atoms with Crippen LogP contribution in [0.2, 0.25) is 0 Å². The fourth-order valence-corrected chi connectivity index (χ4v) is 4.15. The number of aliphatic hydroxyl groups excluding tert-OH is 1. The van der Waals surface area contributed by atoms with Gasteiger partial charge in [0.1, 0.15) is 24.2 Å². The van der Waals surface area contributed by atoms with Crippen LogP contribution in [0, 0.1) is 0 Å². The van der Waals surface area contributed by atoms with Crippen LogP contribution in [0.4, 0.5) is 0 Å². The number of carboxylic acids is 1. The minimum absolute atomic E-state index is 0.0513. The smallest absolute Gasteiger partial charge is 0.326 e. The number of carbonyl (C=O) groups excluding carboxylic acids is 7. The predicted molar refractivity (Wildman–Crippen MR) is 159 cm³/mol. The molecule has 1 aliphatic heterocycles. The summed E-state index contributed by atoms with van der Waals surface area (Å²) in [5.74, 6) is -6.70.